The van der Waals surface area contributed by atoms with E-state index in [0.29, 0.717) is 0 Å². The molecule has 16 heavy (non-hydrogen) atoms. The molecule has 0 saturated carbocycles. The molecule has 2 aromatic heterocycles. The third-order valence-corrected chi connectivity index (χ3v) is 2.65. The van der Waals surface area contributed by atoms with Crippen LogP contribution in [0, 0.1) is 0 Å². The average Bonchev–Trinajstić information content (AvgIpc) is 2.74. The Kier molecular flexibility index (Phi) is 3.22. The number of rotatable bonds is 1. The molecule has 0 aromatic carbocycles. The van der Waals surface area contributed by atoms with E-state index < -0.39 is 0 Å². The third kappa shape index (κ3) is 1.94. The van der Waals surface area contributed by atoms with Gasteiger partial charge in [-0.25, -0.2) is 0 Å². The van der Waals surface area contributed by atoms with Gasteiger partial charge in [-0.2, -0.15) is 5.10 Å². The molecule has 1 aliphatic heterocycles. The first-order valence-corrected chi connectivity index (χ1v) is 5.11. The fourth-order valence-electron chi connectivity index (χ4n) is 1.86. The maximum atomic E-state index is 4.57. The molecule has 0 aliphatic carbocycles. The van der Waals surface area contributed by atoms with E-state index in [1.807, 2.05) is 12.1 Å². The lowest BCUT2D eigenvalue weighted by atomic mass is 10.2. The molecule has 0 atom stereocenters. The van der Waals surface area contributed by atoms with Gasteiger partial charge in [-0.15, -0.1) is 12.4 Å². The Balaban J connectivity index is 0.000000963. The summed E-state index contributed by atoms with van der Waals surface area (Å²) in [5.74, 6) is 0. The van der Waals surface area contributed by atoms with Gasteiger partial charge >= 0.3 is 0 Å². The van der Waals surface area contributed by atoms with Crippen LogP contribution in [-0.4, -0.2) is 21.3 Å². The molecule has 0 amide bonds. The second kappa shape index (κ2) is 4.63. The lowest BCUT2D eigenvalue weighted by Crippen LogP contribution is -2.28. The number of halogens is 1. The fraction of sp³-hybridized carbons (Fsp3) is 0.273. The van der Waals surface area contributed by atoms with Gasteiger partial charge in [0.05, 0.1) is 17.9 Å². The first-order chi connectivity index (χ1) is 7.43. The van der Waals surface area contributed by atoms with Crippen molar-refractivity contribution >= 4 is 12.4 Å². The molecule has 0 bridgehead atoms. The van der Waals surface area contributed by atoms with Crippen molar-refractivity contribution in [3.8, 4) is 11.3 Å². The number of aromatic nitrogens is 3. The van der Waals surface area contributed by atoms with Crippen molar-refractivity contribution in [2.75, 3.05) is 6.54 Å². The molecule has 0 fully saturated rings. The Bertz CT molecular complexity index is 443. The van der Waals surface area contributed by atoms with Crippen molar-refractivity contribution < 1.29 is 0 Å². The Morgan fingerprint density at radius 3 is 2.81 bits per heavy atom. The van der Waals surface area contributed by atoms with Crippen LogP contribution >= 0.6 is 12.4 Å². The van der Waals surface area contributed by atoms with E-state index >= 15 is 0 Å². The van der Waals surface area contributed by atoms with Crippen molar-refractivity contribution in [3.05, 3.63) is 36.3 Å². The summed E-state index contributed by atoms with van der Waals surface area (Å²) in [5, 5.41) is 7.90. The van der Waals surface area contributed by atoms with E-state index in [-0.39, 0.29) is 12.4 Å². The predicted octanol–water partition coefficient (Wildman–Crippen LogP) is 1.47. The minimum atomic E-state index is 0. The molecule has 0 unspecified atom stereocenters. The summed E-state index contributed by atoms with van der Waals surface area (Å²) >= 11 is 0. The van der Waals surface area contributed by atoms with Gasteiger partial charge in [0.2, 0.25) is 0 Å². The maximum absolute atomic E-state index is 4.57. The monoisotopic (exact) mass is 236 g/mol. The zero-order valence-electron chi connectivity index (χ0n) is 8.76. The van der Waals surface area contributed by atoms with Gasteiger partial charge in [0.25, 0.3) is 0 Å². The van der Waals surface area contributed by atoms with Crippen LogP contribution in [0.25, 0.3) is 11.3 Å². The topological polar surface area (TPSA) is 42.7 Å². The Morgan fingerprint density at radius 2 is 2.06 bits per heavy atom. The summed E-state index contributed by atoms with van der Waals surface area (Å²) < 4.78 is 2.08. The average molecular weight is 237 g/mol. The highest BCUT2D eigenvalue weighted by Gasteiger charge is 2.12. The molecule has 0 radical (unpaired) electrons. The molecule has 3 heterocycles. The molecule has 1 N–H and O–H groups in total. The van der Waals surface area contributed by atoms with E-state index in [1.54, 1.807) is 12.4 Å². The van der Waals surface area contributed by atoms with Gasteiger partial charge in [0, 0.05) is 31.0 Å². The van der Waals surface area contributed by atoms with Gasteiger partial charge < -0.3 is 5.32 Å². The molecule has 84 valence electrons. The molecule has 0 spiro atoms. The minimum Gasteiger partial charge on any atom is -0.309 e. The quantitative estimate of drug-likeness (QED) is 0.816. The first-order valence-electron chi connectivity index (χ1n) is 5.11. The number of nitrogens with one attached hydrogen (secondary N) is 1. The molecular weight excluding hydrogens is 224 g/mol. The summed E-state index contributed by atoms with van der Waals surface area (Å²) in [6.45, 7) is 2.88. The van der Waals surface area contributed by atoms with Crippen LogP contribution in [0.3, 0.4) is 0 Å². The summed E-state index contributed by atoms with van der Waals surface area (Å²) in [5.41, 5.74) is 3.43. The molecular formula is C11H13ClN4. The van der Waals surface area contributed by atoms with Crippen LogP contribution in [0.1, 0.15) is 5.69 Å². The van der Waals surface area contributed by atoms with Crippen molar-refractivity contribution in [1.82, 2.24) is 20.1 Å². The second-order valence-electron chi connectivity index (χ2n) is 3.66. The first kappa shape index (κ1) is 11.1. The summed E-state index contributed by atoms with van der Waals surface area (Å²) in [7, 11) is 0. The largest absolute Gasteiger partial charge is 0.309 e. The highest BCUT2D eigenvalue weighted by molar-refractivity contribution is 5.85. The van der Waals surface area contributed by atoms with Crippen molar-refractivity contribution in [1.29, 1.82) is 0 Å². The van der Waals surface area contributed by atoms with Gasteiger partial charge in [0.15, 0.2) is 0 Å². The van der Waals surface area contributed by atoms with Crippen molar-refractivity contribution in [2.45, 2.75) is 13.1 Å². The van der Waals surface area contributed by atoms with E-state index in [1.165, 1.54) is 5.69 Å². The predicted molar refractivity (Wildman–Crippen MR) is 64.4 cm³/mol. The zero-order valence-corrected chi connectivity index (χ0v) is 9.57. The fourth-order valence-corrected chi connectivity index (χ4v) is 1.86. The Hall–Kier alpha value is -1.39. The van der Waals surface area contributed by atoms with Gasteiger partial charge in [-0.3, -0.25) is 9.67 Å². The minimum absolute atomic E-state index is 0. The number of pyridine rings is 1. The SMILES string of the molecule is Cl.c1cc(-c2cc3n(n2)CCNC3)ccn1. The van der Waals surface area contributed by atoms with Crippen LogP contribution in [-0.2, 0) is 13.1 Å². The summed E-state index contributed by atoms with van der Waals surface area (Å²) in [4.78, 5) is 4.01. The van der Waals surface area contributed by atoms with E-state index in [4.69, 9.17) is 0 Å². The van der Waals surface area contributed by atoms with Crippen molar-refractivity contribution in [3.63, 3.8) is 0 Å². The van der Waals surface area contributed by atoms with Crippen LogP contribution in [0.2, 0.25) is 0 Å². The summed E-state index contributed by atoms with van der Waals surface area (Å²) in [6, 6.07) is 6.12. The highest BCUT2D eigenvalue weighted by atomic mass is 35.5. The molecule has 3 rings (SSSR count). The lowest BCUT2D eigenvalue weighted by Gasteiger charge is -2.13. The van der Waals surface area contributed by atoms with Crippen molar-refractivity contribution in [2.24, 2.45) is 0 Å². The van der Waals surface area contributed by atoms with Crippen LogP contribution in [0.5, 0.6) is 0 Å². The molecule has 5 heteroatoms. The highest BCUT2D eigenvalue weighted by Crippen LogP contribution is 2.19. The number of hydrogen-bond acceptors (Lipinski definition) is 3. The third-order valence-electron chi connectivity index (χ3n) is 2.65. The normalized spacial score (nSPS) is 14.0. The standard InChI is InChI=1S/C11H12N4.ClH/c1-3-12-4-2-9(1)11-7-10-8-13-5-6-15(10)14-11;/h1-4,7,13H,5-6,8H2;1H. The van der Waals surface area contributed by atoms with Crippen LogP contribution in [0.15, 0.2) is 30.6 Å². The van der Waals surface area contributed by atoms with Crippen LogP contribution < -0.4 is 5.32 Å². The van der Waals surface area contributed by atoms with Gasteiger partial charge in [-0.1, -0.05) is 0 Å². The Morgan fingerprint density at radius 1 is 1.25 bits per heavy atom. The lowest BCUT2D eigenvalue weighted by molar-refractivity contribution is 0.476. The molecule has 4 nitrogen and oxygen atoms in total. The number of hydrogen-bond donors (Lipinski definition) is 1. The zero-order chi connectivity index (χ0) is 10.1. The van der Waals surface area contributed by atoms with E-state index in [9.17, 15) is 0 Å². The number of nitrogens with zero attached hydrogens (tertiary/aromatic N) is 3. The molecule has 2 aromatic rings. The molecule has 0 saturated heterocycles. The maximum Gasteiger partial charge on any atom is 0.0927 e. The molecule has 1 aliphatic rings. The summed E-state index contributed by atoms with van der Waals surface area (Å²) in [6.07, 6.45) is 3.60. The second-order valence-corrected chi connectivity index (χ2v) is 3.66. The van der Waals surface area contributed by atoms with E-state index in [2.05, 4.69) is 26.1 Å². The number of fused-ring (bicyclic) bond motifs is 1. The smallest absolute Gasteiger partial charge is 0.0927 e. The van der Waals surface area contributed by atoms with Gasteiger partial charge in [-0.05, 0) is 18.2 Å². The van der Waals surface area contributed by atoms with Crippen LogP contribution in [0.4, 0.5) is 0 Å². The Labute approximate surface area is 100 Å². The van der Waals surface area contributed by atoms with E-state index in [0.717, 1.165) is 30.9 Å². The van der Waals surface area contributed by atoms with Gasteiger partial charge in [0.1, 0.15) is 0 Å².